The zero-order valence-electron chi connectivity index (χ0n) is 17.5. The minimum atomic E-state index is 0.0534. The zero-order chi connectivity index (χ0) is 21.8. The van der Waals surface area contributed by atoms with Crippen LogP contribution in [0, 0.1) is 0 Å². The van der Waals surface area contributed by atoms with Crippen LogP contribution in [0.3, 0.4) is 0 Å². The van der Waals surface area contributed by atoms with Crippen LogP contribution in [0.2, 0.25) is 0 Å². The highest BCUT2D eigenvalue weighted by molar-refractivity contribution is 5.78. The molecule has 0 N–H and O–H groups in total. The Morgan fingerprint density at radius 3 is 2.09 bits per heavy atom. The first-order valence-corrected chi connectivity index (χ1v) is 10.5. The van der Waals surface area contributed by atoms with Crippen LogP contribution >= 0.6 is 0 Å². The molecule has 0 radical (unpaired) electrons. The number of ether oxygens (including phenoxy) is 2. The monoisotopic (exact) mass is 429 g/mol. The Morgan fingerprint density at radius 1 is 0.812 bits per heavy atom. The van der Waals surface area contributed by atoms with E-state index in [2.05, 4.69) is 9.97 Å². The smallest absolute Gasteiger partial charge is 0.227 e. The number of amides is 1. The number of imidazole rings is 2. The van der Waals surface area contributed by atoms with E-state index in [1.165, 1.54) is 0 Å². The number of aromatic nitrogens is 4. The van der Waals surface area contributed by atoms with E-state index in [1.807, 2.05) is 64.0 Å². The first-order chi connectivity index (χ1) is 15.8. The van der Waals surface area contributed by atoms with Gasteiger partial charge in [0.25, 0.3) is 0 Å². The molecule has 8 nitrogen and oxygen atoms in total. The third-order valence-corrected chi connectivity index (χ3v) is 5.41. The van der Waals surface area contributed by atoms with E-state index in [4.69, 9.17) is 9.47 Å². The van der Waals surface area contributed by atoms with Crippen molar-refractivity contribution in [2.75, 3.05) is 26.3 Å². The molecular formula is C24H23N5O3. The topological polar surface area (TPSA) is 74.4 Å². The number of carbonyl (C=O) groups is 1. The molecule has 5 rings (SSSR count). The summed E-state index contributed by atoms with van der Waals surface area (Å²) in [7, 11) is 0. The van der Waals surface area contributed by atoms with E-state index in [-0.39, 0.29) is 5.91 Å². The normalized spacial score (nSPS) is 13.8. The Hall–Kier alpha value is -4.07. The zero-order valence-corrected chi connectivity index (χ0v) is 17.5. The van der Waals surface area contributed by atoms with Gasteiger partial charge in [-0.05, 0) is 29.8 Å². The highest BCUT2D eigenvalue weighted by Gasteiger charge is 2.18. The molecule has 1 aliphatic heterocycles. The summed E-state index contributed by atoms with van der Waals surface area (Å²) in [6, 6.07) is 13.7. The molecule has 2 aromatic heterocycles. The van der Waals surface area contributed by atoms with Gasteiger partial charge in [0, 0.05) is 36.5 Å². The second-order valence-electron chi connectivity index (χ2n) is 7.49. The van der Waals surface area contributed by atoms with Gasteiger partial charge >= 0.3 is 0 Å². The standard InChI is InChI=1S/C24H23N5O3/c30-24(15-19-1-3-20(4-2-19)28-9-7-25-17-28)27-11-13-31-22-6-5-21(29-10-8-26-18-29)16-23(22)32-14-12-27/h1-10,16-18H,11-15H2. The molecule has 0 saturated carbocycles. The van der Waals surface area contributed by atoms with Gasteiger partial charge in [0.2, 0.25) is 5.91 Å². The number of carbonyl (C=O) groups excluding carboxylic acids is 1. The van der Waals surface area contributed by atoms with Gasteiger partial charge in [-0.1, -0.05) is 12.1 Å². The Kier molecular flexibility index (Phi) is 5.57. The molecular weight excluding hydrogens is 406 g/mol. The summed E-state index contributed by atoms with van der Waals surface area (Å²) in [5.41, 5.74) is 2.92. The van der Waals surface area contributed by atoms with Crippen molar-refractivity contribution in [3.8, 4) is 22.9 Å². The van der Waals surface area contributed by atoms with E-state index in [9.17, 15) is 4.79 Å². The van der Waals surface area contributed by atoms with Crippen LogP contribution in [0.15, 0.2) is 79.9 Å². The number of hydrogen-bond acceptors (Lipinski definition) is 5. The summed E-state index contributed by atoms with van der Waals surface area (Å²) in [5.74, 6) is 1.40. The molecule has 8 heteroatoms. The number of rotatable bonds is 4. The van der Waals surface area contributed by atoms with Gasteiger partial charge in [0.1, 0.15) is 13.2 Å². The predicted octanol–water partition coefficient (Wildman–Crippen LogP) is 2.90. The minimum absolute atomic E-state index is 0.0534. The third-order valence-electron chi connectivity index (χ3n) is 5.41. The van der Waals surface area contributed by atoms with E-state index < -0.39 is 0 Å². The minimum Gasteiger partial charge on any atom is -0.488 e. The fourth-order valence-electron chi connectivity index (χ4n) is 3.68. The molecule has 0 saturated heterocycles. The molecule has 1 amide bonds. The molecule has 3 heterocycles. The molecule has 0 fully saturated rings. The molecule has 1 aliphatic rings. The molecule has 0 spiro atoms. The van der Waals surface area contributed by atoms with Crippen molar-refractivity contribution in [2.45, 2.75) is 6.42 Å². The molecule has 0 bridgehead atoms. The highest BCUT2D eigenvalue weighted by Crippen LogP contribution is 2.30. The predicted molar refractivity (Wildman–Crippen MR) is 118 cm³/mol. The van der Waals surface area contributed by atoms with E-state index >= 15 is 0 Å². The average molecular weight is 429 g/mol. The van der Waals surface area contributed by atoms with Gasteiger partial charge < -0.3 is 23.5 Å². The van der Waals surface area contributed by atoms with Crippen LogP contribution in [-0.4, -0.2) is 56.2 Å². The molecule has 0 unspecified atom stereocenters. The van der Waals surface area contributed by atoms with Gasteiger partial charge in [-0.25, -0.2) is 9.97 Å². The van der Waals surface area contributed by atoms with Crippen molar-refractivity contribution in [1.82, 2.24) is 24.0 Å². The lowest BCUT2D eigenvalue weighted by Crippen LogP contribution is -2.38. The SMILES string of the molecule is O=C(Cc1ccc(-n2ccnc2)cc1)N1CCOc2ccc(-n3ccnc3)cc2OCC1. The van der Waals surface area contributed by atoms with Gasteiger partial charge in [0.05, 0.1) is 37.9 Å². The lowest BCUT2D eigenvalue weighted by molar-refractivity contribution is -0.131. The maximum Gasteiger partial charge on any atom is 0.227 e. The van der Waals surface area contributed by atoms with Crippen molar-refractivity contribution in [2.24, 2.45) is 0 Å². The lowest BCUT2D eigenvalue weighted by atomic mass is 10.1. The Morgan fingerprint density at radius 2 is 1.44 bits per heavy atom. The Labute approximate surface area is 185 Å². The number of hydrogen-bond donors (Lipinski definition) is 0. The van der Waals surface area contributed by atoms with Crippen LogP contribution < -0.4 is 9.47 Å². The van der Waals surface area contributed by atoms with Crippen LogP contribution in [0.25, 0.3) is 11.4 Å². The van der Waals surface area contributed by atoms with Crippen molar-refractivity contribution < 1.29 is 14.3 Å². The van der Waals surface area contributed by atoms with E-state index in [0.29, 0.717) is 44.2 Å². The Bertz CT molecular complexity index is 1170. The van der Waals surface area contributed by atoms with Gasteiger partial charge in [-0.3, -0.25) is 4.79 Å². The van der Waals surface area contributed by atoms with Crippen molar-refractivity contribution >= 4 is 5.91 Å². The van der Waals surface area contributed by atoms with Gasteiger partial charge in [-0.2, -0.15) is 0 Å². The lowest BCUT2D eigenvalue weighted by Gasteiger charge is -2.21. The highest BCUT2D eigenvalue weighted by atomic mass is 16.5. The van der Waals surface area contributed by atoms with Crippen LogP contribution in [-0.2, 0) is 11.2 Å². The van der Waals surface area contributed by atoms with Gasteiger partial charge in [-0.15, -0.1) is 0 Å². The van der Waals surface area contributed by atoms with Crippen LogP contribution in [0.4, 0.5) is 0 Å². The Balaban J connectivity index is 1.22. The quantitative estimate of drug-likeness (QED) is 0.499. The molecule has 0 aliphatic carbocycles. The van der Waals surface area contributed by atoms with E-state index in [1.54, 1.807) is 29.9 Å². The molecule has 2 aromatic carbocycles. The maximum atomic E-state index is 12.9. The first kappa shape index (κ1) is 19.9. The second kappa shape index (κ2) is 8.97. The second-order valence-corrected chi connectivity index (χ2v) is 7.49. The van der Waals surface area contributed by atoms with Crippen LogP contribution in [0.1, 0.15) is 5.56 Å². The summed E-state index contributed by atoms with van der Waals surface area (Å²) in [6.07, 6.45) is 11.1. The van der Waals surface area contributed by atoms with Crippen molar-refractivity contribution in [3.63, 3.8) is 0 Å². The summed E-state index contributed by atoms with van der Waals surface area (Å²) < 4.78 is 15.7. The largest absolute Gasteiger partial charge is 0.488 e. The fraction of sp³-hybridized carbons (Fsp3) is 0.208. The van der Waals surface area contributed by atoms with Crippen LogP contribution in [0.5, 0.6) is 11.5 Å². The first-order valence-electron chi connectivity index (χ1n) is 10.5. The summed E-state index contributed by atoms with van der Waals surface area (Å²) in [5, 5.41) is 0. The number of benzene rings is 2. The fourth-order valence-corrected chi connectivity index (χ4v) is 3.68. The van der Waals surface area contributed by atoms with Crippen molar-refractivity contribution in [3.05, 3.63) is 85.5 Å². The number of fused-ring (bicyclic) bond motifs is 1. The van der Waals surface area contributed by atoms with Crippen molar-refractivity contribution in [1.29, 1.82) is 0 Å². The maximum absolute atomic E-state index is 12.9. The molecule has 32 heavy (non-hydrogen) atoms. The molecule has 162 valence electrons. The van der Waals surface area contributed by atoms with Gasteiger partial charge in [0.15, 0.2) is 11.5 Å². The third kappa shape index (κ3) is 4.34. The summed E-state index contributed by atoms with van der Waals surface area (Å²) in [4.78, 5) is 22.9. The summed E-state index contributed by atoms with van der Waals surface area (Å²) in [6.45, 7) is 1.82. The number of nitrogens with zero attached hydrogens (tertiary/aromatic N) is 5. The molecule has 0 atom stereocenters. The summed E-state index contributed by atoms with van der Waals surface area (Å²) >= 11 is 0. The molecule has 4 aromatic rings. The van der Waals surface area contributed by atoms with E-state index in [0.717, 1.165) is 16.9 Å². The average Bonchev–Trinajstić information content (AvgIpc) is 3.54.